The number of rotatable bonds is 1. The summed E-state index contributed by atoms with van der Waals surface area (Å²) in [6.45, 7) is 5.48. The lowest BCUT2D eigenvalue weighted by Crippen LogP contribution is -2.18. The second-order valence-electron chi connectivity index (χ2n) is 3.51. The van der Waals surface area contributed by atoms with Gasteiger partial charge >= 0.3 is 0 Å². The van der Waals surface area contributed by atoms with Crippen LogP contribution in [0.1, 0.15) is 24.3 Å². The van der Waals surface area contributed by atoms with Gasteiger partial charge in [0.1, 0.15) is 5.76 Å². The Hall–Kier alpha value is -1.10. The zero-order valence-corrected chi connectivity index (χ0v) is 8.73. The Kier molecular flexibility index (Phi) is 1.99. The number of oxazole rings is 1. The largest absolute Gasteiger partial charge is 0.441 e. The average Bonchev–Trinajstić information content (AvgIpc) is 2.45. The van der Waals surface area contributed by atoms with Gasteiger partial charge in [0, 0.05) is 12.0 Å². The predicted molar refractivity (Wildman–Crippen MR) is 52.4 cm³/mol. The van der Waals surface area contributed by atoms with Gasteiger partial charge in [-0.15, -0.1) is 0 Å². The van der Waals surface area contributed by atoms with Crippen LogP contribution in [0.5, 0.6) is 0 Å². The first-order valence-corrected chi connectivity index (χ1v) is 6.15. The van der Waals surface area contributed by atoms with Crippen molar-refractivity contribution in [1.29, 1.82) is 0 Å². The SMILES string of the molecule is C=C(C)c1nc2c(o1)CCS(=O)(=O)C2. The summed E-state index contributed by atoms with van der Waals surface area (Å²) in [6, 6.07) is 0. The van der Waals surface area contributed by atoms with Crippen LogP contribution in [0, 0.1) is 0 Å². The van der Waals surface area contributed by atoms with Gasteiger partial charge in [-0.3, -0.25) is 0 Å². The minimum Gasteiger partial charge on any atom is -0.441 e. The Morgan fingerprint density at radius 1 is 1.57 bits per heavy atom. The Labute approximate surface area is 82.6 Å². The number of sulfone groups is 1. The molecular weight excluding hydrogens is 202 g/mol. The number of nitrogens with zero attached hydrogens (tertiary/aromatic N) is 1. The monoisotopic (exact) mass is 213 g/mol. The van der Waals surface area contributed by atoms with Crippen molar-refractivity contribution >= 4 is 15.4 Å². The highest BCUT2D eigenvalue weighted by atomic mass is 32.2. The number of aryl methyl sites for hydroxylation is 1. The highest BCUT2D eigenvalue weighted by Crippen LogP contribution is 2.23. The van der Waals surface area contributed by atoms with Gasteiger partial charge in [-0.1, -0.05) is 6.58 Å². The van der Waals surface area contributed by atoms with Crippen molar-refractivity contribution in [3.05, 3.63) is 23.9 Å². The second-order valence-corrected chi connectivity index (χ2v) is 5.70. The fraction of sp³-hybridized carbons (Fsp3) is 0.444. The number of hydrogen-bond acceptors (Lipinski definition) is 4. The maximum atomic E-state index is 11.3. The van der Waals surface area contributed by atoms with E-state index in [1.54, 1.807) is 6.92 Å². The number of allylic oxidation sites excluding steroid dienone is 1. The summed E-state index contributed by atoms with van der Waals surface area (Å²) in [5.41, 5.74) is 1.27. The smallest absolute Gasteiger partial charge is 0.221 e. The van der Waals surface area contributed by atoms with Crippen molar-refractivity contribution in [2.75, 3.05) is 5.75 Å². The lowest BCUT2D eigenvalue weighted by Gasteiger charge is -2.07. The van der Waals surface area contributed by atoms with Crippen LogP contribution in [0.15, 0.2) is 11.0 Å². The molecule has 5 heteroatoms. The van der Waals surface area contributed by atoms with E-state index in [2.05, 4.69) is 11.6 Å². The summed E-state index contributed by atoms with van der Waals surface area (Å²) in [5.74, 6) is 1.30. The average molecular weight is 213 g/mol. The molecule has 76 valence electrons. The minimum atomic E-state index is -2.96. The molecule has 2 rings (SSSR count). The fourth-order valence-corrected chi connectivity index (χ4v) is 2.69. The van der Waals surface area contributed by atoms with E-state index in [4.69, 9.17) is 4.42 Å². The van der Waals surface area contributed by atoms with Gasteiger partial charge < -0.3 is 4.42 Å². The molecule has 0 bridgehead atoms. The van der Waals surface area contributed by atoms with E-state index in [0.717, 1.165) is 5.57 Å². The normalized spacial score (nSPS) is 18.9. The van der Waals surface area contributed by atoms with Gasteiger partial charge in [-0.2, -0.15) is 0 Å². The Bertz CT molecular complexity index is 484. The van der Waals surface area contributed by atoms with Crippen molar-refractivity contribution in [2.24, 2.45) is 0 Å². The van der Waals surface area contributed by atoms with Gasteiger partial charge in [-0.25, -0.2) is 13.4 Å². The summed E-state index contributed by atoms with van der Waals surface area (Å²) < 4.78 is 28.0. The molecule has 1 aromatic rings. The highest BCUT2D eigenvalue weighted by Gasteiger charge is 2.26. The predicted octanol–water partition coefficient (Wildman–Crippen LogP) is 1.18. The zero-order valence-electron chi connectivity index (χ0n) is 7.91. The Morgan fingerprint density at radius 3 is 2.93 bits per heavy atom. The van der Waals surface area contributed by atoms with Crippen LogP contribution < -0.4 is 0 Å². The molecule has 1 aliphatic rings. The molecule has 0 saturated carbocycles. The number of fused-ring (bicyclic) bond motifs is 1. The van der Waals surface area contributed by atoms with Crippen molar-refractivity contribution in [3.8, 4) is 0 Å². The van der Waals surface area contributed by atoms with E-state index in [1.165, 1.54) is 0 Å². The van der Waals surface area contributed by atoms with Crippen molar-refractivity contribution in [2.45, 2.75) is 19.1 Å². The zero-order chi connectivity index (χ0) is 10.3. The third kappa shape index (κ3) is 1.59. The van der Waals surface area contributed by atoms with E-state index >= 15 is 0 Å². The maximum absolute atomic E-state index is 11.3. The van der Waals surface area contributed by atoms with E-state index in [1.807, 2.05) is 0 Å². The van der Waals surface area contributed by atoms with Gasteiger partial charge in [0.2, 0.25) is 5.89 Å². The molecule has 4 nitrogen and oxygen atoms in total. The van der Waals surface area contributed by atoms with E-state index in [-0.39, 0.29) is 11.5 Å². The molecule has 14 heavy (non-hydrogen) atoms. The van der Waals surface area contributed by atoms with Crippen LogP contribution in [-0.2, 0) is 22.0 Å². The van der Waals surface area contributed by atoms with Gasteiger partial charge in [0.15, 0.2) is 9.84 Å². The maximum Gasteiger partial charge on any atom is 0.221 e. The van der Waals surface area contributed by atoms with Crippen LogP contribution in [0.4, 0.5) is 0 Å². The summed E-state index contributed by atoms with van der Waals surface area (Å²) in [7, 11) is -2.96. The van der Waals surface area contributed by atoms with E-state index in [0.29, 0.717) is 23.8 Å². The molecule has 0 atom stereocenters. The van der Waals surface area contributed by atoms with Crippen LogP contribution in [0.2, 0.25) is 0 Å². The minimum absolute atomic E-state index is 0.000880. The van der Waals surface area contributed by atoms with Crippen molar-refractivity contribution in [1.82, 2.24) is 4.98 Å². The number of hydrogen-bond donors (Lipinski definition) is 0. The Morgan fingerprint density at radius 2 is 2.29 bits per heavy atom. The summed E-state index contributed by atoms with van der Waals surface area (Å²) in [4.78, 5) is 4.10. The first-order valence-electron chi connectivity index (χ1n) is 4.33. The highest BCUT2D eigenvalue weighted by molar-refractivity contribution is 7.90. The van der Waals surface area contributed by atoms with Crippen LogP contribution in [0.25, 0.3) is 5.57 Å². The molecule has 1 aliphatic heterocycles. The molecule has 0 amide bonds. The molecule has 2 heterocycles. The lowest BCUT2D eigenvalue weighted by molar-refractivity contribution is 0.490. The lowest BCUT2D eigenvalue weighted by atomic mass is 10.3. The molecule has 0 unspecified atom stereocenters. The molecule has 1 aromatic heterocycles. The van der Waals surface area contributed by atoms with Crippen LogP contribution >= 0.6 is 0 Å². The molecule has 0 saturated heterocycles. The van der Waals surface area contributed by atoms with E-state index in [9.17, 15) is 8.42 Å². The summed E-state index contributed by atoms with van der Waals surface area (Å²) >= 11 is 0. The summed E-state index contributed by atoms with van der Waals surface area (Å²) in [5, 5.41) is 0. The van der Waals surface area contributed by atoms with Gasteiger partial charge in [0.25, 0.3) is 0 Å². The van der Waals surface area contributed by atoms with Gasteiger partial charge in [0.05, 0.1) is 17.2 Å². The number of aromatic nitrogens is 1. The second kappa shape index (κ2) is 2.95. The first-order chi connectivity index (χ1) is 6.48. The van der Waals surface area contributed by atoms with Crippen LogP contribution in [-0.4, -0.2) is 19.2 Å². The molecule has 0 fully saturated rings. The molecule has 0 aromatic carbocycles. The van der Waals surface area contributed by atoms with Crippen molar-refractivity contribution in [3.63, 3.8) is 0 Å². The fourth-order valence-electron chi connectivity index (χ4n) is 1.40. The molecule has 0 radical (unpaired) electrons. The third-order valence-corrected chi connectivity index (χ3v) is 3.68. The van der Waals surface area contributed by atoms with E-state index < -0.39 is 9.84 Å². The van der Waals surface area contributed by atoms with Crippen molar-refractivity contribution < 1.29 is 12.8 Å². The van der Waals surface area contributed by atoms with Crippen LogP contribution in [0.3, 0.4) is 0 Å². The quantitative estimate of drug-likeness (QED) is 0.702. The third-order valence-electron chi connectivity index (χ3n) is 2.14. The first kappa shape index (κ1) is 9.45. The standard InChI is InChI=1S/C9H11NO3S/c1-6(2)9-10-7-5-14(11,12)4-3-8(7)13-9/h1,3-5H2,2H3. The molecular formula is C9H11NO3S. The molecule has 0 N–H and O–H groups in total. The topological polar surface area (TPSA) is 60.2 Å². The summed E-state index contributed by atoms with van der Waals surface area (Å²) in [6.07, 6.45) is 0.429. The molecule has 0 spiro atoms. The van der Waals surface area contributed by atoms with Gasteiger partial charge in [-0.05, 0) is 6.92 Å². The Balaban J connectivity index is 2.44. The molecule has 0 aliphatic carbocycles.